The number of aliphatic hydroxyl groups excluding tert-OH is 1. The third-order valence-electron chi connectivity index (χ3n) is 8.85. The van der Waals surface area contributed by atoms with Crippen LogP contribution in [-0.4, -0.2) is 76.9 Å². The number of fused-ring (bicyclic) bond motifs is 1. The van der Waals surface area contributed by atoms with Gasteiger partial charge < -0.3 is 14.9 Å². The van der Waals surface area contributed by atoms with Gasteiger partial charge in [0.05, 0.1) is 28.8 Å². The van der Waals surface area contributed by atoms with E-state index in [-0.39, 0.29) is 23.3 Å². The Labute approximate surface area is 277 Å². The minimum absolute atomic E-state index is 0.128. The summed E-state index contributed by atoms with van der Waals surface area (Å²) >= 11 is 0. The molecule has 2 amide bonds. The Morgan fingerprint density at radius 2 is 1.55 bits per heavy atom. The SMILES string of the molecule is CCCCN(CCCC)C(=O)c1cc(C)n(-c2ccc(-c3ccc(S(C)(=O)=O)cc3)cc2C(=O)N2Cc3ccccc3C[C@H]2CO)n1. The molecule has 1 aliphatic rings. The van der Waals surface area contributed by atoms with Gasteiger partial charge in [-0.05, 0) is 78.8 Å². The summed E-state index contributed by atoms with van der Waals surface area (Å²) in [5, 5.41) is 15.1. The average molecular weight is 657 g/mol. The molecule has 0 aliphatic carbocycles. The molecule has 0 fully saturated rings. The Kier molecular flexibility index (Phi) is 10.6. The lowest BCUT2D eigenvalue weighted by Crippen LogP contribution is -2.46. The van der Waals surface area contributed by atoms with Crippen molar-refractivity contribution in [2.24, 2.45) is 0 Å². The Balaban J connectivity index is 1.59. The number of sulfone groups is 1. The van der Waals surface area contributed by atoms with Crippen molar-refractivity contribution in [1.82, 2.24) is 19.6 Å². The monoisotopic (exact) mass is 656 g/mol. The van der Waals surface area contributed by atoms with Crippen molar-refractivity contribution < 1.29 is 23.1 Å². The maximum Gasteiger partial charge on any atom is 0.274 e. The molecule has 9 nitrogen and oxygen atoms in total. The van der Waals surface area contributed by atoms with Crippen molar-refractivity contribution in [3.63, 3.8) is 0 Å². The highest BCUT2D eigenvalue weighted by Crippen LogP contribution is 2.31. The lowest BCUT2D eigenvalue weighted by atomic mass is 9.93. The first-order valence-corrected chi connectivity index (χ1v) is 18.2. The number of aliphatic hydroxyl groups is 1. The number of rotatable bonds is 12. The Hall–Kier alpha value is -4.28. The molecule has 0 unspecified atom stereocenters. The summed E-state index contributed by atoms with van der Waals surface area (Å²) in [5.74, 6) is -0.393. The molecule has 3 aromatic carbocycles. The van der Waals surface area contributed by atoms with Crippen LogP contribution in [0, 0.1) is 6.92 Å². The zero-order valence-electron chi connectivity index (χ0n) is 27.6. The summed E-state index contributed by atoms with van der Waals surface area (Å²) in [7, 11) is -3.37. The number of aryl methyl sites for hydroxylation is 1. The van der Waals surface area contributed by atoms with Gasteiger partial charge in [0, 0.05) is 31.6 Å². The van der Waals surface area contributed by atoms with Gasteiger partial charge in [-0.2, -0.15) is 5.10 Å². The van der Waals surface area contributed by atoms with Gasteiger partial charge in [-0.3, -0.25) is 9.59 Å². The van der Waals surface area contributed by atoms with Gasteiger partial charge in [0.15, 0.2) is 15.5 Å². The van der Waals surface area contributed by atoms with E-state index < -0.39 is 15.9 Å². The molecule has 1 aromatic heterocycles. The van der Waals surface area contributed by atoms with E-state index in [0.717, 1.165) is 47.9 Å². The molecule has 2 heterocycles. The second-order valence-corrected chi connectivity index (χ2v) is 14.4. The van der Waals surface area contributed by atoms with E-state index in [2.05, 4.69) is 13.8 Å². The number of amides is 2. The number of benzene rings is 3. The molecule has 1 N–H and O–H groups in total. The van der Waals surface area contributed by atoms with E-state index in [0.29, 0.717) is 48.7 Å². The molecule has 10 heteroatoms. The predicted molar refractivity (Wildman–Crippen MR) is 183 cm³/mol. The number of carbonyl (C=O) groups is 2. The van der Waals surface area contributed by atoms with E-state index in [9.17, 15) is 23.1 Å². The van der Waals surface area contributed by atoms with Crippen LogP contribution < -0.4 is 0 Å². The molecule has 1 aliphatic heterocycles. The van der Waals surface area contributed by atoms with Gasteiger partial charge in [-0.15, -0.1) is 0 Å². The molecule has 1 atom stereocenters. The van der Waals surface area contributed by atoms with Crippen molar-refractivity contribution in [3.05, 3.63) is 101 Å². The van der Waals surface area contributed by atoms with Gasteiger partial charge in [0.1, 0.15) is 0 Å². The Morgan fingerprint density at radius 3 is 2.17 bits per heavy atom. The topological polar surface area (TPSA) is 113 Å². The van der Waals surface area contributed by atoms with Crippen LogP contribution in [0.1, 0.15) is 77.2 Å². The number of hydrogen-bond donors (Lipinski definition) is 1. The van der Waals surface area contributed by atoms with E-state index in [1.54, 1.807) is 46.0 Å². The maximum atomic E-state index is 14.6. The molecule has 0 spiro atoms. The van der Waals surface area contributed by atoms with Crippen LogP contribution in [0.3, 0.4) is 0 Å². The highest BCUT2D eigenvalue weighted by atomic mass is 32.2. The third kappa shape index (κ3) is 7.49. The Morgan fingerprint density at radius 1 is 0.915 bits per heavy atom. The fourth-order valence-electron chi connectivity index (χ4n) is 6.11. The van der Waals surface area contributed by atoms with E-state index in [4.69, 9.17) is 5.10 Å². The molecular weight excluding hydrogens is 612 g/mol. The number of unbranched alkanes of at least 4 members (excludes halogenated alkanes) is 2. The number of nitrogens with zero attached hydrogens (tertiary/aromatic N) is 4. The molecule has 248 valence electrons. The van der Waals surface area contributed by atoms with Gasteiger partial charge in [-0.25, -0.2) is 13.1 Å². The smallest absolute Gasteiger partial charge is 0.274 e. The van der Waals surface area contributed by atoms with Crippen LogP contribution >= 0.6 is 0 Å². The van der Waals surface area contributed by atoms with Gasteiger partial charge in [0.25, 0.3) is 11.8 Å². The molecule has 0 bridgehead atoms. The van der Waals surface area contributed by atoms with Crippen LogP contribution in [0.4, 0.5) is 0 Å². The minimum atomic E-state index is -3.37. The van der Waals surface area contributed by atoms with E-state index in [1.165, 1.54) is 6.26 Å². The quantitative estimate of drug-likeness (QED) is 0.205. The normalized spacial score (nSPS) is 14.6. The lowest BCUT2D eigenvalue weighted by molar-refractivity contribution is 0.0544. The van der Waals surface area contributed by atoms with Crippen LogP contribution in [0.5, 0.6) is 0 Å². The van der Waals surface area contributed by atoms with E-state index in [1.807, 2.05) is 48.2 Å². The minimum Gasteiger partial charge on any atom is -0.394 e. The first kappa shape index (κ1) is 34.1. The van der Waals surface area contributed by atoms with Gasteiger partial charge in [0.2, 0.25) is 0 Å². The summed E-state index contributed by atoms with van der Waals surface area (Å²) in [6, 6.07) is 21.3. The fourth-order valence-corrected chi connectivity index (χ4v) is 6.74. The standard InChI is InChI=1S/C37H44N4O5S/c1-5-7-19-39(20-8-6-2)37(44)34-21-26(3)41(38-34)35-18-15-29(27-13-16-32(17-14-27)47(4,45)46)23-33(35)36(43)40-24-30-12-10-9-11-28(30)22-31(40)25-42/h9-18,21,23,31,42H,5-8,19-20,22,24-25H2,1-4H3/t31-/m0/s1. The van der Waals surface area contributed by atoms with E-state index >= 15 is 0 Å². The molecular formula is C37H44N4O5S. The molecule has 5 rings (SSSR count). The van der Waals surface area contributed by atoms with Gasteiger partial charge in [-0.1, -0.05) is 69.2 Å². The molecule has 0 saturated heterocycles. The highest BCUT2D eigenvalue weighted by Gasteiger charge is 2.32. The van der Waals surface area contributed by atoms with Crippen LogP contribution in [0.2, 0.25) is 0 Å². The molecule has 4 aromatic rings. The number of aromatic nitrogens is 2. The zero-order chi connectivity index (χ0) is 33.7. The van der Waals surface area contributed by atoms with Crippen molar-refractivity contribution in [3.8, 4) is 16.8 Å². The lowest BCUT2D eigenvalue weighted by Gasteiger charge is -2.36. The summed E-state index contributed by atoms with van der Waals surface area (Å²) in [4.78, 5) is 32.0. The second kappa shape index (κ2) is 14.6. The maximum absolute atomic E-state index is 14.6. The number of hydrogen-bond acceptors (Lipinski definition) is 6. The summed E-state index contributed by atoms with van der Waals surface area (Å²) < 4.78 is 25.8. The largest absolute Gasteiger partial charge is 0.394 e. The van der Waals surface area contributed by atoms with Crippen molar-refractivity contribution in [2.45, 2.75) is 70.4 Å². The van der Waals surface area contributed by atoms with Crippen molar-refractivity contribution >= 4 is 21.7 Å². The molecule has 0 saturated carbocycles. The molecule has 47 heavy (non-hydrogen) atoms. The fraction of sp³-hybridized carbons (Fsp3) is 0.378. The summed E-state index contributed by atoms with van der Waals surface area (Å²) in [5.41, 5.74) is 5.53. The average Bonchev–Trinajstić information content (AvgIpc) is 3.47. The van der Waals surface area contributed by atoms with Crippen molar-refractivity contribution in [2.75, 3.05) is 26.0 Å². The second-order valence-electron chi connectivity index (χ2n) is 12.4. The number of carbonyl (C=O) groups excluding carboxylic acids is 2. The first-order valence-electron chi connectivity index (χ1n) is 16.3. The van der Waals surface area contributed by atoms with Crippen LogP contribution in [0.15, 0.2) is 77.7 Å². The van der Waals surface area contributed by atoms with Crippen LogP contribution in [-0.2, 0) is 22.8 Å². The van der Waals surface area contributed by atoms with Crippen molar-refractivity contribution in [1.29, 1.82) is 0 Å². The first-order chi connectivity index (χ1) is 22.5. The van der Waals surface area contributed by atoms with Gasteiger partial charge >= 0.3 is 0 Å². The molecule has 0 radical (unpaired) electrons. The van der Waals surface area contributed by atoms with Crippen LogP contribution in [0.25, 0.3) is 16.8 Å². The predicted octanol–water partition coefficient (Wildman–Crippen LogP) is 5.85. The third-order valence-corrected chi connectivity index (χ3v) is 9.98. The summed E-state index contributed by atoms with van der Waals surface area (Å²) in [6.45, 7) is 7.56. The Bertz CT molecular complexity index is 1840. The highest BCUT2D eigenvalue weighted by molar-refractivity contribution is 7.90. The summed E-state index contributed by atoms with van der Waals surface area (Å²) in [6.07, 6.45) is 5.48. The zero-order valence-corrected chi connectivity index (χ0v) is 28.5.